The highest BCUT2D eigenvalue weighted by Gasteiger charge is 2.13. The third-order valence-electron chi connectivity index (χ3n) is 2.86. The predicted molar refractivity (Wildman–Crippen MR) is 65.3 cm³/mol. The van der Waals surface area contributed by atoms with E-state index in [-0.39, 0.29) is 30.5 Å². The Kier molecular flexibility index (Phi) is 5.21. The van der Waals surface area contributed by atoms with Crippen LogP contribution in [0.2, 0.25) is 0 Å². The second-order valence-electron chi connectivity index (χ2n) is 4.29. The first-order chi connectivity index (χ1) is 8.95. The van der Waals surface area contributed by atoms with Gasteiger partial charge in [0.25, 0.3) is 11.7 Å². The molecular weight excluding hydrogens is 288 g/mol. The third kappa shape index (κ3) is 3.77. The van der Waals surface area contributed by atoms with Crippen molar-refractivity contribution in [1.82, 2.24) is 4.57 Å². The summed E-state index contributed by atoms with van der Waals surface area (Å²) in [5.74, 6) is -0.887. The van der Waals surface area contributed by atoms with E-state index in [0.717, 1.165) is 24.0 Å². The van der Waals surface area contributed by atoms with Crippen LogP contribution in [-0.2, 0) is 18.4 Å². The van der Waals surface area contributed by atoms with Gasteiger partial charge in [-0.15, -0.1) is 0 Å². The van der Waals surface area contributed by atoms with Crippen LogP contribution in [0.1, 0.15) is 5.82 Å². The van der Waals surface area contributed by atoms with Gasteiger partial charge in [0.05, 0.1) is 7.05 Å². The summed E-state index contributed by atoms with van der Waals surface area (Å²) < 4.78 is 29.6. The molecule has 1 aromatic heterocycles. The van der Waals surface area contributed by atoms with Gasteiger partial charge in [-0.1, -0.05) is 0 Å². The lowest BCUT2D eigenvalue weighted by Crippen LogP contribution is -3.00. The Morgan fingerprint density at radius 3 is 2.40 bits per heavy atom. The summed E-state index contributed by atoms with van der Waals surface area (Å²) in [5.41, 5.74) is 0.108. The van der Waals surface area contributed by atoms with Crippen LogP contribution >= 0.6 is 0 Å². The number of halogens is 3. The molecule has 0 aliphatic rings. The van der Waals surface area contributed by atoms with Gasteiger partial charge < -0.3 is 17.7 Å². The van der Waals surface area contributed by atoms with Crippen LogP contribution in [-0.4, -0.2) is 10.5 Å². The van der Waals surface area contributed by atoms with E-state index in [9.17, 15) is 13.6 Å². The van der Waals surface area contributed by atoms with Crippen molar-refractivity contribution in [3.8, 4) is 0 Å². The number of imidazole rings is 1. The molecule has 0 atom stereocenters. The number of anilines is 1. The molecule has 0 aliphatic heterocycles. The van der Waals surface area contributed by atoms with Gasteiger partial charge in [0.15, 0.2) is 6.54 Å². The SMILES string of the molecule is Cc1n(CC(=O)Nc2cc(F)cc(F)c2)cc[n+]1C.[Cl-]. The smallest absolute Gasteiger partial charge is 0.266 e. The summed E-state index contributed by atoms with van der Waals surface area (Å²) in [5, 5.41) is 2.46. The van der Waals surface area contributed by atoms with Crippen molar-refractivity contribution in [2.24, 2.45) is 7.05 Å². The second kappa shape index (κ2) is 6.47. The van der Waals surface area contributed by atoms with Crippen molar-refractivity contribution in [3.63, 3.8) is 0 Å². The van der Waals surface area contributed by atoms with E-state index in [1.165, 1.54) is 0 Å². The van der Waals surface area contributed by atoms with E-state index in [0.29, 0.717) is 0 Å². The van der Waals surface area contributed by atoms with E-state index < -0.39 is 11.6 Å². The first-order valence-electron chi connectivity index (χ1n) is 5.73. The van der Waals surface area contributed by atoms with Crippen LogP contribution in [0.3, 0.4) is 0 Å². The molecule has 0 radical (unpaired) electrons. The van der Waals surface area contributed by atoms with Crippen LogP contribution in [0.5, 0.6) is 0 Å². The molecule has 0 saturated carbocycles. The van der Waals surface area contributed by atoms with Gasteiger partial charge in [0, 0.05) is 18.7 Å². The average Bonchev–Trinajstić information content (AvgIpc) is 2.59. The highest BCUT2D eigenvalue weighted by molar-refractivity contribution is 5.90. The Morgan fingerprint density at radius 1 is 1.30 bits per heavy atom. The highest BCUT2D eigenvalue weighted by atomic mass is 35.5. The third-order valence-corrected chi connectivity index (χ3v) is 2.86. The quantitative estimate of drug-likeness (QED) is 0.692. The molecule has 1 N–H and O–H groups in total. The van der Waals surface area contributed by atoms with E-state index >= 15 is 0 Å². The molecule has 0 unspecified atom stereocenters. The number of nitrogens with one attached hydrogen (secondary N) is 1. The van der Waals surface area contributed by atoms with E-state index in [1.54, 1.807) is 10.8 Å². The number of hydrogen-bond donors (Lipinski definition) is 1. The molecule has 4 nitrogen and oxygen atoms in total. The Bertz CT molecular complexity index is 608. The summed E-state index contributed by atoms with van der Waals surface area (Å²) in [6.07, 6.45) is 3.59. The topological polar surface area (TPSA) is 37.9 Å². The number of aryl methyl sites for hydroxylation is 1. The minimum Gasteiger partial charge on any atom is -1.00 e. The largest absolute Gasteiger partial charge is 1.00 e. The second-order valence-corrected chi connectivity index (χ2v) is 4.29. The zero-order valence-corrected chi connectivity index (χ0v) is 11.8. The van der Waals surface area contributed by atoms with Crippen molar-refractivity contribution in [1.29, 1.82) is 0 Å². The van der Waals surface area contributed by atoms with Gasteiger partial charge in [-0.25, -0.2) is 17.9 Å². The fourth-order valence-corrected chi connectivity index (χ4v) is 1.75. The summed E-state index contributed by atoms with van der Waals surface area (Å²) in [7, 11) is 1.87. The average molecular weight is 302 g/mol. The molecule has 0 spiro atoms. The molecule has 7 heteroatoms. The van der Waals surface area contributed by atoms with Crippen LogP contribution in [0.15, 0.2) is 30.6 Å². The van der Waals surface area contributed by atoms with Gasteiger partial charge in [0.1, 0.15) is 24.0 Å². The molecule has 0 fully saturated rings. The number of carbonyl (C=O) groups is 1. The van der Waals surface area contributed by atoms with Crippen molar-refractivity contribution in [2.45, 2.75) is 13.5 Å². The van der Waals surface area contributed by atoms with Crippen LogP contribution < -0.4 is 22.3 Å². The molecule has 1 aromatic carbocycles. The van der Waals surface area contributed by atoms with Gasteiger partial charge in [-0.3, -0.25) is 4.79 Å². The van der Waals surface area contributed by atoms with Crippen LogP contribution in [0, 0.1) is 18.6 Å². The molecule has 0 aliphatic carbocycles. The zero-order valence-electron chi connectivity index (χ0n) is 11.0. The minimum absolute atomic E-state index is 0. The predicted octanol–water partition coefficient (Wildman–Crippen LogP) is -1.46. The number of carbonyl (C=O) groups excluding carboxylic acids is 1. The van der Waals surface area contributed by atoms with Crippen molar-refractivity contribution in [3.05, 3.63) is 48.1 Å². The maximum Gasteiger partial charge on any atom is 0.266 e. The molecular formula is C13H14ClF2N3O. The lowest BCUT2D eigenvalue weighted by Gasteiger charge is -2.04. The normalized spacial score (nSPS) is 10.0. The van der Waals surface area contributed by atoms with Gasteiger partial charge >= 0.3 is 0 Å². The first kappa shape index (κ1) is 16.1. The Hall–Kier alpha value is -1.95. The standard InChI is InChI=1S/C13H13F2N3O.ClH/c1-9-17(2)3-4-18(9)8-13(19)16-12-6-10(14)5-11(15)7-12;/h3-7H,8H2,1-2H3;1H. The van der Waals surface area contributed by atoms with Crippen LogP contribution in [0.25, 0.3) is 0 Å². The number of rotatable bonds is 3. The molecule has 2 rings (SSSR count). The lowest BCUT2D eigenvalue weighted by atomic mass is 10.3. The first-order valence-corrected chi connectivity index (χ1v) is 5.73. The molecule has 0 bridgehead atoms. The number of benzene rings is 1. The summed E-state index contributed by atoms with van der Waals surface area (Å²) >= 11 is 0. The number of aromatic nitrogens is 2. The number of hydrogen-bond acceptors (Lipinski definition) is 1. The maximum absolute atomic E-state index is 13.0. The van der Waals surface area contributed by atoms with E-state index in [2.05, 4.69) is 5.32 Å². The molecule has 1 heterocycles. The van der Waals surface area contributed by atoms with Gasteiger partial charge in [-0.2, -0.15) is 0 Å². The fourth-order valence-electron chi connectivity index (χ4n) is 1.75. The van der Waals surface area contributed by atoms with Crippen molar-refractivity contribution < 1.29 is 30.5 Å². The fraction of sp³-hybridized carbons (Fsp3) is 0.231. The monoisotopic (exact) mass is 301 g/mol. The molecule has 108 valence electrons. The molecule has 2 aromatic rings. The van der Waals surface area contributed by atoms with E-state index in [4.69, 9.17) is 0 Å². The Labute approximate surface area is 121 Å². The molecule has 0 saturated heterocycles. The summed E-state index contributed by atoms with van der Waals surface area (Å²) in [6, 6.07) is 2.90. The lowest BCUT2D eigenvalue weighted by molar-refractivity contribution is -0.677. The maximum atomic E-state index is 13.0. The molecule has 20 heavy (non-hydrogen) atoms. The highest BCUT2D eigenvalue weighted by Crippen LogP contribution is 2.12. The summed E-state index contributed by atoms with van der Waals surface area (Å²) in [6.45, 7) is 1.96. The molecule has 1 amide bonds. The zero-order chi connectivity index (χ0) is 14.0. The van der Waals surface area contributed by atoms with Crippen molar-refractivity contribution >= 4 is 11.6 Å². The Morgan fingerprint density at radius 2 is 1.90 bits per heavy atom. The van der Waals surface area contributed by atoms with Crippen LogP contribution in [0.4, 0.5) is 14.5 Å². The van der Waals surface area contributed by atoms with Gasteiger partial charge in [-0.05, 0) is 12.1 Å². The Balaban J connectivity index is 0.00000200. The van der Waals surface area contributed by atoms with Gasteiger partial charge in [0.2, 0.25) is 0 Å². The number of nitrogens with zero attached hydrogens (tertiary/aromatic N) is 2. The van der Waals surface area contributed by atoms with Crippen molar-refractivity contribution in [2.75, 3.05) is 5.32 Å². The number of amides is 1. The van der Waals surface area contributed by atoms with E-state index in [1.807, 2.05) is 24.7 Å². The minimum atomic E-state index is -0.723. The summed E-state index contributed by atoms with van der Waals surface area (Å²) in [4.78, 5) is 11.8.